The van der Waals surface area contributed by atoms with Gasteiger partial charge in [-0.3, -0.25) is 9.59 Å². The van der Waals surface area contributed by atoms with E-state index in [2.05, 4.69) is 5.32 Å². The molecule has 2 amide bonds. The molecule has 1 heterocycles. The van der Waals surface area contributed by atoms with Crippen molar-refractivity contribution in [1.29, 1.82) is 0 Å². The molecule has 0 bridgehead atoms. The van der Waals surface area contributed by atoms with Crippen molar-refractivity contribution in [1.82, 2.24) is 10.2 Å². The summed E-state index contributed by atoms with van der Waals surface area (Å²) in [5, 5.41) is 2.43. The Balaban J connectivity index is 2.23. The van der Waals surface area contributed by atoms with Crippen molar-refractivity contribution < 1.29 is 23.5 Å². The highest BCUT2D eigenvalue weighted by atomic mass is 35.5. The first-order valence-corrected chi connectivity index (χ1v) is 7.86. The number of benzene rings is 1. The van der Waals surface area contributed by atoms with Gasteiger partial charge in [-0.2, -0.15) is 0 Å². The first kappa shape index (κ1) is 18.6. The zero-order chi connectivity index (χ0) is 17.7. The van der Waals surface area contributed by atoms with E-state index in [1.54, 1.807) is 0 Å². The number of amides is 2. The highest BCUT2D eigenvalue weighted by Crippen LogP contribution is 2.23. The van der Waals surface area contributed by atoms with E-state index in [0.29, 0.717) is 13.2 Å². The fraction of sp³-hybridized carbons (Fsp3) is 0.500. The lowest BCUT2D eigenvalue weighted by atomic mass is 9.98. The molecule has 6 nitrogen and oxygen atoms in total. The third kappa shape index (κ3) is 4.23. The van der Waals surface area contributed by atoms with E-state index in [4.69, 9.17) is 21.1 Å². The predicted octanol–water partition coefficient (Wildman–Crippen LogP) is 1.47. The molecule has 1 aromatic rings. The van der Waals surface area contributed by atoms with Crippen molar-refractivity contribution in [2.75, 3.05) is 40.5 Å². The number of carbonyl (C=O) groups is 2. The van der Waals surface area contributed by atoms with Gasteiger partial charge in [0.05, 0.1) is 31.2 Å². The topological polar surface area (TPSA) is 67.9 Å². The molecule has 0 spiro atoms. The molecule has 2 rings (SSSR count). The van der Waals surface area contributed by atoms with Crippen molar-refractivity contribution in [2.45, 2.75) is 12.0 Å². The quantitative estimate of drug-likeness (QED) is 0.885. The molecule has 1 saturated heterocycles. The summed E-state index contributed by atoms with van der Waals surface area (Å²) in [7, 11) is 3.02. The van der Waals surface area contributed by atoms with Crippen LogP contribution in [0.15, 0.2) is 18.2 Å². The average molecular weight is 359 g/mol. The number of nitrogens with zero attached hydrogens (tertiary/aromatic N) is 1. The van der Waals surface area contributed by atoms with E-state index in [-0.39, 0.29) is 42.0 Å². The Morgan fingerprint density at radius 2 is 2.25 bits per heavy atom. The van der Waals surface area contributed by atoms with Gasteiger partial charge in [0, 0.05) is 26.3 Å². The third-order valence-electron chi connectivity index (χ3n) is 4.00. The molecule has 0 saturated carbocycles. The number of hydrogen-bond donors (Lipinski definition) is 1. The summed E-state index contributed by atoms with van der Waals surface area (Å²) >= 11 is 5.75. The summed E-state index contributed by atoms with van der Waals surface area (Å²) < 4.78 is 24.3. The zero-order valence-corrected chi connectivity index (χ0v) is 14.4. The second-order valence-electron chi connectivity index (χ2n) is 5.65. The van der Waals surface area contributed by atoms with Crippen LogP contribution in [0.4, 0.5) is 4.39 Å². The fourth-order valence-electron chi connectivity index (χ4n) is 2.57. The van der Waals surface area contributed by atoms with Crippen molar-refractivity contribution in [2.24, 2.45) is 0 Å². The van der Waals surface area contributed by atoms with Crippen LogP contribution >= 0.6 is 11.6 Å². The van der Waals surface area contributed by atoms with Crippen LogP contribution in [0.2, 0.25) is 5.02 Å². The molecule has 1 aliphatic rings. The first-order valence-electron chi connectivity index (χ1n) is 7.48. The Morgan fingerprint density at radius 1 is 1.50 bits per heavy atom. The van der Waals surface area contributed by atoms with Crippen LogP contribution in [0.1, 0.15) is 16.8 Å². The lowest BCUT2D eigenvalue weighted by Crippen LogP contribution is -2.50. The van der Waals surface area contributed by atoms with Gasteiger partial charge >= 0.3 is 0 Å². The molecule has 8 heteroatoms. The maximum Gasteiger partial charge on any atom is 0.254 e. The zero-order valence-electron chi connectivity index (χ0n) is 13.6. The second kappa shape index (κ2) is 7.92. The van der Waals surface area contributed by atoms with Crippen LogP contribution in [0, 0.1) is 5.82 Å². The van der Waals surface area contributed by atoms with Crippen LogP contribution in [-0.4, -0.2) is 62.8 Å². The average Bonchev–Trinajstić information content (AvgIpc) is 2.79. The monoisotopic (exact) mass is 358 g/mol. The van der Waals surface area contributed by atoms with Crippen LogP contribution in [0.3, 0.4) is 0 Å². The van der Waals surface area contributed by atoms with E-state index in [1.165, 1.54) is 31.2 Å². The molecular weight excluding hydrogens is 339 g/mol. The van der Waals surface area contributed by atoms with Gasteiger partial charge in [0.15, 0.2) is 0 Å². The van der Waals surface area contributed by atoms with Crippen molar-refractivity contribution >= 4 is 23.4 Å². The van der Waals surface area contributed by atoms with Crippen molar-refractivity contribution in [3.05, 3.63) is 34.6 Å². The normalized spacial score (nSPS) is 21.2. The molecule has 0 aromatic heterocycles. The van der Waals surface area contributed by atoms with E-state index in [9.17, 15) is 14.0 Å². The Bertz CT molecular complexity index is 628. The standard InChI is InChI=1S/C16H20ClFN2O4/c1-19-14(21)8-16(23-2)9-20(5-6-24-10-16)15(22)11-3-4-13(18)12(17)7-11/h3-4,7H,5-6,8-10H2,1-2H3,(H,19,21). The number of halogens is 2. The number of carbonyl (C=O) groups excluding carboxylic acids is 2. The minimum absolute atomic E-state index is 0.0634. The first-order chi connectivity index (χ1) is 11.4. The van der Waals surface area contributed by atoms with E-state index in [0.717, 1.165) is 6.07 Å². The summed E-state index contributed by atoms with van der Waals surface area (Å²) in [6, 6.07) is 3.82. The van der Waals surface area contributed by atoms with Gasteiger partial charge in [0.1, 0.15) is 11.4 Å². The third-order valence-corrected chi connectivity index (χ3v) is 4.29. The molecular formula is C16H20ClFN2O4. The summed E-state index contributed by atoms with van der Waals surface area (Å²) in [6.45, 7) is 1.04. The van der Waals surface area contributed by atoms with Gasteiger partial charge in [0.2, 0.25) is 5.91 Å². The smallest absolute Gasteiger partial charge is 0.254 e. The van der Waals surface area contributed by atoms with Gasteiger partial charge in [-0.1, -0.05) is 11.6 Å². The Hall–Kier alpha value is -1.70. The lowest BCUT2D eigenvalue weighted by Gasteiger charge is -2.33. The lowest BCUT2D eigenvalue weighted by molar-refractivity contribution is -0.131. The van der Waals surface area contributed by atoms with Gasteiger partial charge < -0.3 is 19.7 Å². The largest absolute Gasteiger partial charge is 0.377 e. The van der Waals surface area contributed by atoms with Gasteiger partial charge in [-0.15, -0.1) is 0 Å². The van der Waals surface area contributed by atoms with Crippen LogP contribution < -0.4 is 5.32 Å². The fourth-order valence-corrected chi connectivity index (χ4v) is 2.75. The summed E-state index contributed by atoms with van der Waals surface area (Å²) in [6.07, 6.45) is 0.0634. The maximum absolute atomic E-state index is 13.3. The number of nitrogens with one attached hydrogen (secondary N) is 1. The molecule has 1 aromatic carbocycles. The summed E-state index contributed by atoms with van der Waals surface area (Å²) in [5.74, 6) is -1.11. The SMILES string of the molecule is CNC(=O)CC1(OC)COCCN(C(=O)c2ccc(F)c(Cl)c2)C1. The van der Waals surface area contributed by atoms with Crippen molar-refractivity contribution in [3.63, 3.8) is 0 Å². The van der Waals surface area contributed by atoms with Crippen LogP contribution in [0.25, 0.3) is 0 Å². The van der Waals surface area contributed by atoms with E-state index < -0.39 is 11.4 Å². The van der Waals surface area contributed by atoms with Crippen LogP contribution in [0.5, 0.6) is 0 Å². The molecule has 1 aliphatic heterocycles. The van der Waals surface area contributed by atoms with Gasteiger partial charge in [-0.05, 0) is 18.2 Å². The van der Waals surface area contributed by atoms with Crippen LogP contribution in [-0.2, 0) is 14.3 Å². The molecule has 1 fully saturated rings. The Morgan fingerprint density at radius 3 is 2.88 bits per heavy atom. The molecule has 0 radical (unpaired) electrons. The molecule has 1 unspecified atom stereocenters. The highest BCUT2D eigenvalue weighted by molar-refractivity contribution is 6.31. The minimum atomic E-state index is -0.934. The Kier molecular flexibility index (Phi) is 6.15. The Labute approximate surface area is 144 Å². The molecule has 1 N–H and O–H groups in total. The van der Waals surface area contributed by atoms with Crippen molar-refractivity contribution in [3.8, 4) is 0 Å². The molecule has 132 valence electrons. The predicted molar refractivity (Wildman–Crippen MR) is 86.6 cm³/mol. The number of rotatable bonds is 4. The number of methoxy groups -OCH3 is 1. The molecule has 24 heavy (non-hydrogen) atoms. The minimum Gasteiger partial charge on any atom is -0.377 e. The highest BCUT2D eigenvalue weighted by Gasteiger charge is 2.38. The molecule has 1 atom stereocenters. The number of ether oxygens (including phenoxy) is 2. The molecule has 0 aliphatic carbocycles. The number of hydrogen-bond acceptors (Lipinski definition) is 4. The maximum atomic E-state index is 13.3. The summed E-state index contributed by atoms with van der Waals surface area (Å²) in [5.41, 5.74) is -0.663. The van der Waals surface area contributed by atoms with Gasteiger partial charge in [0.25, 0.3) is 5.91 Å². The van der Waals surface area contributed by atoms with E-state index >= 15 is 0 Å². The second-order valence-corrected chi connectivity index (χ2v) is 6.05. The van der Waals surface area contributed by atoms with Gasteiger partial charge in [-0.25, -0.2) is 4.39 Å². The van der Waals surface area contributed by atoms with E-state index in [1.807, 2.05) is 0 Å². The summed E-state index contributed by atoms with van der Waals surface area (Å²) in [4.78, 5) is 26.0.